The summed E-state index contributed by atoms with van der Waals surface area (Å²) in [5, 5.41) is 8.87. The molecule has 5 heteroatoms. The molecule has 0 aliphatic rings. The van der Waals surface area contributed by atoms with E-state index in [0.29, 0.717) is 12.4 Å². The van der Waals surface area contributed by atoms with Crippen molar-refractivity contribution in [3.05, 3.63) is 59.9 Å². The summed E-state index contributed by atoms with van der Waals surface area (Å²) in [6, 6.07) is 11.9. The molecule has 20 heavy (non-hydrogen) atoms. The van der Waals surface area contributed by atoms with Gasteiger partial charge in [0, 0.05) is 12.6 Å². The summed E-state index contributed by atoms with van der Waals surface area (Å²) >= 11 is 0. The number of carbonyl (C=O) groups is 1. The number of nitrogens with two attached hydrogens (primary N) is 1. The quantitative estimate of drug-likeness (QED) is 0.834. The van der Waals surface area contributed by atoms with E-state index in [1.54, 1.807) is 12.3 Å². The second-order valence-corrected chi connectivity index (χ2v) is 4.37. The minimum absolute atomic E-state index is 0.230. The maximum absolute atomic E-state index is 10.8. The number of benzene rings is 1. The minimum Gasteiger partial charge on any atom is -0.487 e. The number of hydrogen-bond acceptors (Lipinski definition) is 4. The van der Waals surface area contributed by atoms with Gasteiger partial charge in [0.15, 0.2) is 0 Å². The maximum Gasteiger partial charge on any atom is 0.320 e. The van der Waals surface area contributed by atoms with Crippen molar-refractivity contribution < 1.29 is 14.6 Å². The Morgan fingerprint density at radius 3 is 2.70 bits per heavy atom. The lowest BCUT2D eigenvalue weighted by Gasteiger charge is -2.13. The summed E-state index contributed by atoms with van der Waals surface area (Å²) < 4.78 is 5.69. The van der Waals surface area contributed by atoms with E-state index in [1.807, 2.05) is 36.4 Å². The highest BCUT2D eigenvalue weighted by atomic mass is 16.5. The average Bonchev–Trinajstić information content (AvgIpc) is 2.47. The fourth-order valence-electron chi connectivity index (χ4n) is 1.77. The SMILES string of the molecule is NC(Cc1ccccc1OCc1ccccn1)C(=O)O. The van der Waals surface area contributed by atoms with Crippen LogP contribution in [0.15, 0.2) is 48.7 Å². The molecule has 1 unspecified atom stereocenters. The van der Waals surface area contributed by atoms with Crippen molar-refractivity contribution in [2.45, 2.75) is 19.1 Å². The van der Waals surface area contributed by atoms with Gasteiger partial charge < -0.3 is 15.6 Å². The molecule has 0 saturated carbocycles. The van der Waals surface area contributed by atoms with Gasteiger partial charge in [0.25, 0.3) is 0 Å². The van der Waals surface area contributed by atoms with E-state index in [4.69, 9.17) is 15.6 Å². The molecule has 0 spiro atoms. The number of carboxylic acids is 1. The average molecular weight is 272 g/mol. The first-order chi connectivity index (χ1) is 9.66. The normalized spacial score (nSPS) is 11.8. The van der Waals surface area contributed by atoms with Crippen molar-refractivity contribution in [1.82, 2.24) is 4.98 Å². The van der Waals surface area contributed by atoms with Gasteiger partial charge in [-0.3, -0.25) is 9.78 Å². The first-order valence-electron chi connectivity index (χ1n) is 6.26. The van der Waals surface area contributed by atoms with E-state index < -0.39 is 12.0 Å². The van der Waals surface area contributed by atoms with Crippen molar-refractivity contribution in [2.75, 3.05) is 0 Å². The Kier molecular flexibility index (Phi) is 4.68. The summed E-state index contributed by atoms with van der Waals surface area (Å²) in [7, 11) is 0. The third-order valence-corrected chi connectivity index (χ3v) is 2.83. The molecule has 1 aromatic carbocycles. The summed E-state index contributed by atoms with van der Waals surface area (Å²) in [5.74, 6) is -0.389. The zero-order valence-corrected chi connectivity index (χ0v) is 10.9. The molecule has 0 radical (unpaired) electrons. The predicted octanol–water partition coefficient (Wildman–Crippen LogP) is 1.62. The lowest BCUT2D eigenvalue weighted by Crippen LogP contribution is -2.32. The highest BCUT2D eigenvalue weighted by Gasteiger charge is 2.14. The zero-order chi connectivity index (χ0) is 14.4. The van der Waals surface area contributed by atoms with Crippen LogP contribution < -0.4 is 10.5 Å². The van der Waals surface area contributed by atoms with E-state index in [2.05, 4.69) is 4.98 Å². The van der Waals surface area contributed by atoms with Gasteiger partial charge in [0.2, 0.25) is 0 Å². The highest BCUT2D eigenvalue weighted by Crippen LogP contribution is 2.20. The van der Waals surface area contributed by atoms with Gasteiger partial charge >= 0.3 is 5.97 Å². The first kappa shape index (κ1) is 14.0. The van der Waals surface area contributed by atoms with E-state index in [1.165, 1.54) is 0 Å². The van der Waals surface area contributed by atoms with Crippen LogP contribution in [0.25, 0.3) is 0 Å². The molecule has 2 rings (SSSR count). The fourth-order valence-corrected chi connectivity index (χ4v) is 1.77. The van der Waals surface area contributed by atoms with Crippen LogP contribution in [0.5, 0.6) is 5.75 Å². The predicted molar refractivity (Wildman–Crippen MR) is 74.3 cm³/mol. The molecule has 0 aliphatic heterocycles. The van der Waals surface area contributed by atoms with Crippen LogP contribution in [0.4, 0.5) is 0 Å². The van der Waals surface area contributed by atoms with Crippen LogP contribution in [0, 0.1) is 0 Å². The molecule has 0 amide bonds. The van der Waals surface area contributed by atoms with Crippen LogP contribution in [-0.2, 0) is 17.8 Å². The second-order valence-electron chi connectivity index (χ2n) is 4.37. The van der Waals surface area contributed by atoms with Crippen molar-refractivity contribution >= 4 is 5.97 Å². The Hall–Kier alpha value is -2.40. The second kappa shape index (κ2) is 6.68. The number of nitrogens with zero attached hydrogens (tertiary/aromatic N) is 1. The monoisotopic (exact) mass is 272 g/mol. The van der Waals surface area contributed by atoms with Gasteiger partial charge in [-0.2, -0.15) is 0 Å². The third-order valence-electron chi connectivity index (χ3n) is 2.83. The number of rotatable bonds is 6. The molecule has 5 nitrogen and oxygen atoms in total. The van der Waals surface area contributed by atoms with Gasteiger partial charge in [-0.05, 0) is 23.8 Å². The van der Waals surface area contributed by atoms with E-state index in [9.17, 15) is 4.79 Å². The Balaban J connectivity index is 2.06. The maximum atomic E-state index is 10.8. The Morgan fingerprint density at radius 1 is 1.25 bits per heavy atom. The van der Waals surface area contributed by atoms with Gasteiger partial charge in [0.1, 0.15) is 18.4 Å². The van der Waals surface area contributed by atoms with Crippen LogP contribution in [0.3, 0.4) is 0 Å². The lowest BCUT2D eigenvalue weighted by molar-refractivity contribution is -0.138. The number of aliphatic carboxylic acids is 1. The summed E-state index contributed by atoms with van der Waals surface area (Å²) in [6.07, 6.45) is 1.93. The third kappa shape index (κ3) is 3.80. The number of para-hydroxylation sites is 1. The topological polar surface area (TPSA) is 85.4 Å². The van der Waals surface area contributed by atoms with Crippen molar-refractivity contribution in [1.29, 1.82) is 0 Å². The minimum atomic E-state index is -1.02. The Bertz CT molecular complexity index is 572. The number of hydrogen-bond donors (Lipinski definition) is 2. The van der Waals surface area contributed by atoms with Crippen molar-refractivity contribution in [3.8, 4) is 5.75 Å². The van der Waals surface area contributed by atoms with Crippen LogP contribution in [0.2, 0.25) is 0 Å². The molecule has 0 fully saturated rings. The van der Waals surface area contributed by atoms with Crippen molar-refractivity contribution in [3.63, 3.8) is 0 Å². The molecule has 0 bridgehead atoms. The molecule has 0 saturated heterocycles. The Labute approximate surface area is 117 Å². The van der Waals surface area contributed by atoms with Crippen LogP contribution >= 0.6 is 0 Å². The smallest absolute Gasteiger partial charge is 0.320 e. The molecule has 1 heterocycles. The molecular weight excluding hydrogens is 256 g/mol. The lowest BCUT2D eigenvalue weighted by atomic mass is 10.1. The molecule has 2 aromatic rings. The molecule has 1 atom stereocenters. The Morgan fingerprint density at radius 2 is 2.00 bits per heavy atom. The van der Waals surface area contributed by atoms with Gasteiger partial charge in [-0.25, -0.2) is 0 Å². The molecule has 104 valence electrons. The highest BCUT2D eigenvalue weighted by molar-refractivity contribution is 5.73. The van der Waals surface area contributed by atoms with E-state index in [0.717, 1.165) is 11.3 Å². The number of ether oxygens (including phenoxy) is 1. The van der Waals surface area contributed by atoms with Crippen molar-refractivity contribution in [2.24, 2.45) is 5.73 Å². The number of aromatic nitrogens is 1. The van der Waals surface area contributed by atoms with E-state index in [-0.39, 0.29) is 6.42 Å². The van der Waals surface area contributed by atoms with Crippen LogP contribution in [0.1, 0.15) is 11.3 Å². The first-order valence-corrected chi connectivity index (χ1v) is 6.26. The fraction of sp³-hybridized carbons (Fsp3) is 0.200. The number of carboxylic acid groups (broad SMARTS) is 1. The summed E-state index contributed by atoms with van der Waals surface area (Å²) in [6.45, 7) is 0.333. The summed E-state index contributed by atoms with van der Waals surface area (Å²) in [5.41, 5.74) is 7.14. The van der Waals surface area contributed by atoms with Gasteiger partial charge in [-0.15, -0.1) is 0 Å². The summed E-state index contributed by atoms with van der Waals surface area (Å²) in [4.78, 5) is 15.0. The van der Waals surface area contributed by atoms with Gasteiger partial charge in [0.05, 0.1) is 5.69 Å². The molecular formula is C15H16N2O3. The standard InChI is InChI=1S/C15H16N2O3/c16-13(15(18)19)9-11-5-1-2-7-14(11)20-10-12-6-3-4-8-17-12/h1-8,13H,9-10,16H2,(H,18,19). The molecule has 0 aliphatic carbocycles. The van der Waals surface area contributed by atoms with Crippen LogP contribution in [-0.4, -0.2) is 22.1 Å². The van der Waals surface area contributed by atoms with Gasteiger partial charge in [-0.1, -0.05) is 24.3 Å². The molecule has 3 N–H and O–H groups in total. The van der Waals surface area contributed by atoms with E-state index >= 15 is 0 Å². The largest absolute Gasteiger partial charge is 0.487 e. The molecule has 1 aromatic heterocycles. The zero-order valence-electron chi connectivity index (χ0n) is 10.9. The number of pyridine rings is 1.